The van der Waals surface area contributed by atoms with Crippen molar-refractivity contribution < 1.29 is 4.79 Å². The van der Waals surface area contributed by atoms with E-state index in [-0.39, 0.29) is 11.7 Å². The zero-order chi connectivity index (χ0) is 21.1. The Kier molecular flexibility index (Phi) is 5.63. The van der Waals surface area contributed by atoms with Gasteiger partial charge in [-0.25, -0.2) is 4.68 Å². The molecule has 7 heteroatoms. The molecule has 0 spiro atoms. The lowest BCUT2D eigenvalue weighted by Gasteiger charge is -2.15. The van der Waals surface area contributed by atoms with E-state index in [4.69, 9.17) is 11.1 Å². The summed E-state index contributed by atoms with van der Waals surface area (Å²) in [7, 11) is 0. The molecule has 154 valence electrons. The predicted octanol–water partition coefficient (Wildman–Crippen LogP) is 3.31. The fourth-order valence-corrected chi connectivity index (χ4v) is 3.75. The molecule has 4 N–H and O–H groups in total. The van der Waals surface area contributed by atoms with Crippen LogP contribution < -0.4 is 11.1 Å². The summed E-state index contributed by atoms with van der Waals surface area (Å²) in [5.74, 6) is -0.267. The van der Waals surface area contributed by atoms with Gasteiger partial charge in [0.1, 0.15) is 11.5 Å². The lowest BCUT2D eigenvalue weighted by Crippen LogP contribution is -2.19. The molecule has 3 aromatic rings. The molecule has 0 unspecified atom stereocenters. The summed E-state index contributed by atoms with van der Waals surface area (Å²) in [6.45, 7) is 5.11. The number of aromatic nitrogens is 2. The second-order valence-electron chi connectivity index (χ2n) is 7.68. The first-order valence-corrected chi connectivity index (χ1v) is 10.1. The number of carbonyl (C=O) groups excluding carboxylic acids is 1. The Labute approximate surface area is 176 Å². The number of nitrogen functional groups attached to an aromatic ring is 1. The first kappa shape index (κ1) is 19.8. The Morgan fingerprint density at radius 1 is 1.13 bits per heavy atom. The first-order valence-electron chi connectivity index (χ1n) is 10.1. The Morgan fingerprint density at radius 3 is 2.57 bits per heavy atom. The summed E-state index contributed by atoms with van der Waals surface area (Å²) in [6, 6.07) is 16.9. The molecule has 1 amide bonds. The summed E-state index contributed by atoms with van der Waals surface area (Å²) in [4.78, 5) is 15.4. The average molecular weight is 403 g/mol. The smallest absolute Gasteiger partial charge is 0.274 e. The van der Waals surface area contributed by atoms with Gasteiger partial charge in [-0.1, -0.05) is 24.3 Å². The standard InChI is InChI=1S/C23H26N6O/c1-16-13-21(29(27-16)20-6-4-5-18(14-20)22(24)25)23(30)26-19-9-7-17(8-10-19)15-28-11-2-3-12-28/h4-10,13-14H,2-3,11-12,15H2,1H3,(H3,24,25)(H,26,30). The predicted molar refractivity (Wildman–Crippen MR) is 118 cm³/mol. The van der Waals surface area contributed by atoms with E-state index in [1.807, 2.05) is 25.1 Å². The molecule has 0 saturated carbocycles. The maximum atomic E-state index is 13.0. The van der Waals surface area contributed by atoms with Crippen LogP contribution in [0.1, 0.15) is 40.2 Å². The summed E-state index contributed by atoms with van der Waals surface area (Å²) in [5.41, 5.74) is 10.0. The van der Waals surface area contributed by atoms with Gasteiger partial charge in [-0.15, -0.1) is 0 Å². The molecule has 1 aliphatic heterocycles. The number of anilines is 1. The molecule has 0 atom stereocenters. The molecule has 0 aliphatic carbocycles. The van der Waals surface area contributed by atoms with Crippen molar-refractivity contribution in [3.8, 4) is 5.69 Å². The van der Waals surface area contributed by atoms with Gasteiger partial charge in [0, 0.05) is 17.8 Å². The normalized spacial score (nSPS) is 14.0. The van der Waals surface area contributed by atoms with Crippen molar-refractivity contribution in [1.82, 2.24) is 14.7 Å². The van der Waals surface area contributed by atoms with Crippen LogP contribution in [-0.2, 0) is 6.54 Å². The first-order chi connectivity index (χ1) is 14.5. The van der Waals surface area contributed by atoms with Gasteiger partial charge in [0.15, 0.2) is 0 Å². The number of benzene rings is 2. The molecule has 4 rings (SSSR count). The number of rotatable bonds is 6. The molecular weight excluding hydrogens is 376 g/mol. The highest BCUT2D eigenvalue weighted by molar-refractivity contribution is 6.03. The van der Waals surface area contributed by atoms with Crippen LogP contribution in [0.5, 0.6) is 0 Å². The van der Waals surface area contributed by atoms with Crippen LogP contribution in [0.4, 0.5) is 5.69 Å². The molecule has 1 aliphatic rings. The van der Waals surface area contributed by atoms with Crippen molar-refractivity contribution >= 4 is 17.4 Å². The van der Waals surface area contributed by atoms with Crippen molar-refractivity contribution in [2.75, 3.05) is 18.4 Å². The van der Waals surface area contributed by atoms with Crippen LogP contribution in [0.3, 0.4) is 0 Å². The summed E-state index contributed by atoms with van der Waals surface area (Å²) in [5, 5.41) is 15.1. The van der Waals surface area contributed by atoms with E-state index >= 15 is 0 Å². The molecule has 2 aromatic carbocycles. The van der Waals surface area contributed by atoms with Gasteiger partial charge in [-0.05, 0) is 68.8 Å². The summed E-state index contributed by atoms with van der Waals surface area (Å²) >= 11 is 0. The Balaban J connectivity index is 1.51. The van der Waals surface area contributed by atoms with Crippen molar-refractivity contribution in [3.63, 3.8) is 0 Å². The summed E-state index contributed by atoms with van der Waals surface area (Å²) < 4.78 is 1.58. The van der Waals surface area contributed by atoms with Gasteiger partial charge in [-0.2, -0.15) is 5.10 Å². The molecule has 7 nitrogen and oxygen atoms in total. The highest BCUT2D eigenvalue weighted by Gasteiger charge is 2.17. The van der Waals surface area contributed by atoms with E-state index in [0.29, 0.717) is 16.9 Å². The third kappa shape index (κ3) is 4.41. The Morgan fingerprint density at radius 2 is 1.87 bits per heavy atom. The third-order valence-corrected chi connectivity index (χ3v) is 5.28. The van der Waals surface area contributed by atoms with Crippen LogP contribution in [-0.4, -0.2) is 39.5 Å². The van der Waals surface area contributed by atoms with Crippen LogP contribution >= 0.6 is 0 Å². The van der Waals surface area contributed by atoms with Gasteiger partial charge >= 0.3 is 0 Å². The zero-order valence-electron chi connectivity index (χ0n) is 17.1. The minimum Gasteiger partial charge on any atom is -0.384 e. The number of amides is 1. The summed E-state index contributed by atoms with van der Waals surface area (Å²) in [6.07, 6.45) is 2.55. The second-order valence-corrected chi connectivity index (χ2v) is 7.68. The van der Waals surface area contributed by atoms with Crippen molar-refractivity contribution in [2.45, 2.75) is 26.3 Å². The molecule has 0 radical (unpaired) electrons. The van der Waals surface area contributed by atoms with Crippen molar-refractivity contribution in [1.29, 1.82) is 5.41 Å². The number of likely N-dealkylation sites (tertiary alicyclic amines) is 1. The van der Waals surface area contributed by atoms with Gasteiger partial charge in [0.25, 0.3) is 5.91 Å². The topological polar surface area (TPSA) is 100 Å². The van der Waals surface area contributed by atoms with E-state index in [9.17, 15) is 4.79 Å². The number of hydrogen-bond acceptors (Lipinski definition) is 4. The molecular formula is C23H26N6O. The van der Waals surface area contributed by atoms with Gasteiger partial charge in [0.05, 0.1) is 11.4 Å². The van der Waals surface area contributed by atoms with E-state index < -0.39 is 0 Å². The minimum absolute atomic E-state index is 0.0271. The van der Waals surface area contributed by atoms with E-state index in [1.165, 1.54) is 18.4 Å². The Hall–Kier alpha value is -3.45. The number of aryl methyl sites for hydroxylation is 1. The molecule has 1 saturated heterocycles. The number of carbonyl (C=O) groups is 1. The van der Waals surface area contributed by atoms with Crippen LogP contribution in [0.2, 0.25) is 0 Å². The molecule has 1 aromatic heterocycles. The Bertz CT molecular complexity index is 1060. The van der Waals surface area contributed by atoms with Gasteiger partial charge in [0.2, 0.25) is 0 Å². The van der Waals surface area contributed by atoms with E-state index in [2.05, 4.69) is 27.4 Å². The quantitative estimate of drug-likeness (QED) is 0.435. The number of nitrogens with two attached hydrogens (primary N) is 1. The zero-order valence-corrected chi connectivity index (χ0v) is 17.1. The van der Waals surface area contributed by atoms with Crippen molar-refractivity contribution in [3.05, 3.63) is 77.1 Å². The van der Waals surface area contributed by atoms with Crippen LogP contribution in [0.15, 0.2) is 54.6 Å². The largest absolute Gasteiger partial charge is 0.384 e. The number of hydrogen-bond donors (Lipinski definition) is 3. The van der Waals surface area contributed by atoms with E-state index in [1.54, 1.807) is 28.9 Å². The molecule has 0 bridgehead atoms. The molecule has 2 heterocycles. The van der Waals surface area contributed by atoms with E-state index in [0.717, 1.165) is 31.0 Å². The fraction of sp³-hybridized carbons (Fsp3) is 0.261. The van der Waals surface area contributed by atoms with Gasteiger partial charge in [-0.3, -0.25) is 15.1 Å². The van der Waals surface area contributed by atoms with Crippen LogP contribution in [0.25, 0.3) is 5.69 Å². The number of nitrogens with zero attached hydrogens (tertiary/aromatic N) is 3. The minimum atomic E-state index is -0.240. The third-order valence-electron chi connectivity index (χ3n) is 5.28. The van der Waals surface area contributed by atoms with Crippen LogP contribution in [0, 0.1) is 12.3 Å². The lowest BCUT2D eigenvalue weighted by atomic mass is 10.2. The lowest BCUT2D eigenvalue weighted by molar-refractivity contribution is 0.101. The maximum absolute atomic E-state index is 13.0. The average Bonchev–Trinajstić information content (AvgIpc) is 3.39. The molecule has 1 fully saturated rings. The second kappa shape index (κ2) is 8.51. The molecule has 30 heavy (non-hydrogen) atoms. The highest BCUT2D eigenvalue weighted by atomic mass is 16.2. The fourth-order valence-electron chi connectivity index (χ4n) is 3.75. The highest BCUT2D eigenvalue weighted by Crippen LogP contribution is 2.18. The van der Waals surface area contributed by atoms with Gasteiger partial charge < -0.3 is 11.1 Å². The maximum Gasteiger partial charge on any atom is 0.274 e. The SMILES string of the molecule is Cc1cc(C(=O)Nc2ccc(CN3CCCC3)cc2)n(-c2cccc(C(=N)N)c2)n1. The van der Waals surface area contributed by atoms with Crippen molar-refractivity contribution in [2.24, 2.45) is 5.73 Å². The number of amidine groups is 1. The number of nitrogens with one attached hydrogen (secondary N) is 2. The monoisotopic (exact) mass is 402 g/mol.